The molecule has 0 aliphatic rings. The van der Waals surface area contributed by atoms with E-state index in [0.717, 1.165) is 16.8 Å². The minimum atomic E-state index is -0.726. The van der Waals surface area contributed by atoms with Gasteiger partial charge in [-0.2, -0.15) is 5.10 Å². The van der Waals surface area contributed by atoms with Crippen LogP contribution in [0.5, 0.6) is 0 Å². The monoisotopic (exact) mass is 333 g/mol. The highest BCUT2D eigenvalue weighted by Gasteiger charge is 2.18. The van der Waals surface area contributed by atoms with Crippen molar-refractivity contribution in [1.29, 1.82) is 0 Å². The molecule has 126 valence electrons. The summed E-state index contributed by atoms with van der Waals surface area (Å²) in [7, 11) is 0. The third-order valence-corrected chi connectivity index (χ3v) is 4.04. The van der Waals surface area contributed by atoms with Crippen LogP contribution in [0, 0.1) is 6.92 Å². The molecule has 0 saturated heterocycles. The van der Waals surface area contributed by atoms with Gasteiger partial charge in [0.15, 0.2) is 0 Å². The molecule has 0 radical (unpaired) electrons. The van der Waals surface area contributed by atoms with E-state index in [-0.39, 0.29) is 11.5 Å². The number of amides is 1. The van der Waals surface area contributed by atoms with Gasteiger partial charge in [0.05, 0.1) is 5.69 Å². The molecule has 1 atom stereocenters. The number of carbonyl (C=O) groups excluding carboxylic acids is 1. The van der Waals surface area contributed by atoms with Gasteiger partial charge in [0, 0.05) is 17.3 Å². The number of hydrogen-bond acceptors (Lipinski definition) is 3. The van der Waals surface area contributed by atoms with Crippen molar-refractivity contribution in [2.75, 3.05) is 5.32 Å². The molecule has 1 unspecified atom stereocenters. The van der Waals surface area contributed by atoms with E-state index in [1.165, 1.54) is 10.7 Å². The first-order valence-electron chi connectivity index (χ1n) is 8.08. The molecule has 3 rings (SSSR count). The zero-order valence-electron chi connectivity index (χ0n) is 14.1. The molecule has 1 aromatic heterocycles. The number of benzene rings is 2. The number of para-hydroxylation sites is 1. The smallest absolute Gasteiger partial charge is 0.267 e. The Labute approximate surface area is 145 Å². The van der Waals surface area contributed by atoms with Crippen molar-refractivity contribution >= 4 is 11.6 Å². The van der Waals surface area contributed by atoms with Crippen LogP contribution in [0.15, 0.2) is 71.5 Å². The fraction of sp³-hybridized carbons (Fsp3) is 0.150. The van der Waals surface area contributed by atoms with Gasteiger partial charge in [-0.25, -0.2) is 4.68 Å². The van der Waals surface area contributed by atoms with Crippen molar-refractivity contribution in [1.82, 2.24) is 9.78 Å². The van der Waals surface area contributed by atoms with Crippen LogP contribution in [-0.4, -0.2) is 15.7 Å². The Morgan fingerprint density at radius 2 is 1.68 bits per heavy atom. The zero-order valence-corrected chi connectivity index (χ0v) is 14.1. The summed E-state index contributed by atoms with van der Waals surface area (Å²) in [5, 5.41) is 7.23. The summed E-state index contributed by atoms with van der Waals surface area (Å²) in [4.78, 5) is 24.7. The fourth-order valence-electron chi connectivity index (χ4n) is 2.53. The van der Waals surface area contributed by atoms with Gasteiger partial charge < -0.3 is 5.32 Å². The van der Waals surface area contributed by atoms with Crippen molar-refractivity contribution in [2.45, 2.75) is 19.9 Å². The molecule has 1 N–H and O–H groups in total. The molecule has 0 fully saturated rings. The van der Waals surface area contributed by atoms with Crippen LogP contribution in [0.4, 0.5) is 5.69 Å². The average molecular weight is 333 g/mol. The van der Waals surface area contributed by atoms with Gasteiger partial charge in [0.25, 0.3) is 5.56 Å². The number of nitrogens with zero attached hydrogens (tertiary/aromatic N) is 2. The van der Waals surface area contributed by atoms with Gasteiger partial charge in [-0.15, -0.1) is 0 Å². The first-order valence-corrected chi connectivity index (χ1v) is 8.08. The van der Waals surface area contributed by atoms with Crippen LogP contribution in [0.2, 0.25) is 0 Å². The summed E-state index contributed by atoms with van der Waals surface area (Å²) < 4.78 is 1.22. The standard InChI is InChI=1S/C20H19N3O2/c1-14-8-6-7-11-17(14)21-20(25)15(2)23-19(24)13-12-18(22-23)16-9-4-3-5-10-16/h3-13,15H,1-2H3,(H,21,25). The number of carbonyl (C=O) groups is 1. The highest BCUT2D eigenvalue weighted by molar-refractivity contribution is 5.94. The van der Waals surface area contributed by atoms with Crippen molar-refractivity contribution in [3.05, 3.63) is 82.6 Å². The van der Waals surface area contributed by atoms with Crippen molar-refractivity contribution < 1.29 is 4.79 Å². The number of rotatable bonds is 4. The molecule has 25 heavy (non-hydrogen) atoms. The van der Waals surface area contributed by atoms with E-state index in [9.17, 15) is 9.59 Å². The molecular weight excluding hydrogens is 314 g/mol. The Bertz CT molecular complexity index is 948. The molecule has 0 saturated carbocycles. The quantitative estimate of drug-likeness (QED) is 0.796. The summed E-state index contributed by atoms with van der Waals surface area (Å²) in [6.45, 7) is 3.58. The number of hydrogen-bond donors (Lipinski definition) is 1. The van der Waals surface area contributed by atoms with Crippen LogP contribution in [0.25, 0.3) is 11.3 Å². The van der Waals surface area contributed by atoms with E-state index in [1.54, 1.807) is 13.0 Å². The molecule has 1 amide bonds. The van der Waals surface area contributed by atoms with E-state index in [0.29, 0.717) is 5.69 Å². The lowest BCUT2D eigenvalue weighted by molar-refractivity contribution is -0.119. The maximum absolute atomic E-state index is 12.6. The molecular formula is C20H19N3O2. The largest absolute Gasteiger partial charge is 0.324 e. The lowest BCUT2D eigenvalue weighted by Gasteiger charge is -2.16. The predicted molar refractivity (Wildman–Crippen MR) is 98.5 cm³/mol. The van der Waals surface area contributed by atoms with Crippen LogP contribution in [0.1, 0.15) is 18.5 Å². The summed E-state index contributed by atoms with van der Waals surface area (Å²) in [5.41, 5.74) is 2.92. The summed E-state index contributed by atoms with van der Waals surface area (Å²) >= 11 is 0. The van der Waals surface area contributed by atoms with Crippen molar-refractivity contribution in [2.24, 2.45) is 0 Å². The molecule has 5 nitrogen and oxygen atoms in total. The summed E-state index contributed by atoms with van der Waals surface area (Å²) in [5.74, 6) is -0.283. The Kier molecular flexibility index (Phi) is 4.75. The molecule has 1 heterocycles. The number of anilines is 1. The first-order chi connectivity index (χ1) is 12.1. The van der Waals surface area contributed by atoms with Crippen LogP contribution in [-0.2, 0) is 4.79 Å². The first kappa shape index (κ1) is 16.6. The second kappa shape index (κ2) is 7.13. The van der Waals surface area contributed by atoms with Gasteiger partial charge in [0.1, 0.15) is 6.04 Å². The Morgan fingerprint density at radius 3 is 2.40 bits per heavy atom. The Hall–Kier alpha value is -3.21. The SMILES string of the molecule is Cc1ccccc1NC(=O)C(C)n1nc(-c2ccccc2)ccc1=O. The molecule has 0 aliphatic heterocycles. The minimum Gasteiger partial charge on any atom is -0.324 e. The van der Waals surface area contributed by atoms with Gasteiger partial charge in [-0.05, 0) is 31.5 Å². The van der Waals surface area contributed by atoms with Gasteiger partial charge >= 0.3 is 0 Å². The molecule has 5 heteroatoms. The average Bonchev–Trinajstić information content (AvgIpc) is 2.64. The topological polar surface area (TPSA) is 64.0 Å². The number of aryl methyl sites for hydroxylation is 1. The lowest BCUT2D eigenvalue weighted by Crippen LogP contribution is -2.33. The Morgan fingerprint density at radius 1 is 1.00 bits per heavy atom. The number of nitrogens with one attached hydrogen (secondary N) is 1. The Balaban J connectivity index is 1.89. The third-order valence-electron chi connectivity index (χ3n) is 4.04. The number of aromatic nitrogens is 2. The van der Waals surface area contributed by atoms with Crippen molar-refractivity contribution in [3.8, 4) is 11.3 Å². The van der Waals surface area contributed by atoms with Gasteiger partial charge in [-0.1, -0.05) is 48.5 Å². The predicted octanol–water partition coefficient (Wildman–Crippen LogP) is 3.42. The molecule has 0 aliphatic carbocycles. The van der Waals surface area contributed by atoms with E-state index in [2.05, 4.69) is 10.4 Å². The van der Waals surface area contributed by atoms with Crippen molar-refractivity contribution in [3.63, 3.8) is 0 Å². The van der Waals surface area contributed by atoms with Gasteiger partial charge in [0.2, 0.25) is 5.91 Å². The summed E-state index contributed by atoms with van der Waals surface area (Å²) in [6.07, 6.45) is 0. The lowest BCUT2D eigenvalue weighted by atomic mass is 10.1. The molecule has 3 aromatic rings. The molecule has 0 spiro atoms. The fourth-order valence-corrected chi connectivity index (χ4v) is 2.53. The summed E-state index contributed by atoms with van der Waals surface area (Å²) in [6, 6.07) is 19.4. The normalized spacial score (nSPS) is 11.8. The van der Waals surface area contributed by atoms with E-state index in [4.69, 9.17) is 0 Å². The highest BCUT2D eigenvalue weighted by atomic mass is 16.2. The van der Waals surface area contributed by atoms with Gasteiger partial charge in [-0.3, -0.25) is 9.59 Å². The zero-order chi connectivity index (χ0) is 17.8. The minimum absolute atomic E-state index is 0.283. The van der Waals surface area contributed by atoms with Crippen LogP contribution in [0.3, 0.4) is 0 Å². The second-order valence-corrected chi connectivity index (χ2v) is 5.85. The molecule has 2 aromatic carbocycles. The maximum Gasteiger partial charge on any atom is 0.267 e. The molecule has 0 bridgehead atoms. The van der Waals surface area contributed by atoms with Crippen LogP contribution >= 0.6 is 0 Å². The highest BCUT2D eigenvalue weighted by Crippen LogP contribution is 2.17. The maximum atomic E-state index is 12.6. The van der Waals surface area contributed by atoms with Crippen LogP contribution < -0.4 is 10.9 Å². The second-order valence-electron chi connectivity index (χ2n) is 5.85. The third kappa shape index (κ3) is 3.66. The van der Waals surface area contributed by atoms with E-state index < -0.39 is 6.04 Å². The van der Waals surface area contributed by atoms with E-state index >= 15 is 0 Å². The van der Waals surface area contributed by atoms with E-state index in [1.807, 2.05) is 61.5 Å².